The molecule has 0 amide bonds. The van der Waals surface area contributed by atoms with E-state index in [4.69, 9.17) is 5.73 Å². The first kappa shape index (κ1) is 12.6. The SMILES string of the molecule is Cc1nc(CC(CN)(CO)C(C)C)cs1. The summed E-state index contributed by atoms with van der Waals surface area (Å²) in [5, 5.41) is 12.6. The number of hydrogen-bond donors (Lipinski definition) is 2. The second-order valence-electron chi connectivity index (χ2n) is 4.41. The molecule has 86 valence electrons. The number of aliphatic hydroxyl groups excluding tert-OH is 1. The van der Waals surface area contributed by atoms with E-state index in [0.717, 1.165) is 17.1 Å². The summed E-state index contributed by atoms with van der Waals surface area (Å²) >= 11 is 1.64. The third-order valence-corrected chi connectivity index (χ3v) is 3.97. The number of nitrogens with zero attached hydrogens (tertiary/aromatic N) is 1. The highest BCUT2D eigenvalue weighted by atomic mass is 32.1. The number of hydrogen-bond acceptors (Lipinski definition) is 4. The lowest BCUT2D eigenvalue weighted by molar-refractivity contribution is 0.0834. The Hall–Kier alpha value is -0.450. The molecule has 3 nitrogen and oxygen atoms in total. The van der Waals surface area contributed by atoms with Gasteiger partial charge in [-0.15, -0.1) is 11.3 Å². The number of aromatic nitrogens is 1. The predicted octanol–water partition coefficient (Wildman–Crippen LogP) is 1.59. The van der Waals surface area contributed by atoms with Gasteiger partial charge in [0.1, 0.15) is 0 Å². The normalized spacial score (nSPS) is 15.6. The van der Waals surface area contributed by atoms with Gasteiger partial charge in [0, 0.05) is 17.3 Å². The Bertz CT molecular complexity index is 305. The van der Waals surface area contributed by atoms with Gasteiger partial charge in [-0.2, -0.15) is 0 Å². The van der Waals surface area contributed by atoms with E-state index in [0.29, 0.717) is 12.5 Å². The quantitative estimate of drug-likeness (QED) is 0.804. The van der Waals surface area contributed by atoms with Crippen LogP contribution in [0.15, 0.2) is 5.38 Å². The summed E-state index contributed by atoms with van der Waals surface area (Å²) in [6.07, 6.45) is 0.766. The zero-order valence-corrected chi connectivity index (χ0v) is 10.5. The zero-order valence-electron chi connectivity index (χ0n) is 9.66. The first-order valence-electron chi connectivity index (χ1n) is 5.26. The second kappa shape index (κ2) is 5.05. The van der Waals surface area contributed by atoms with Gasteiger partial charge in [0.05, 0.1) is 17.3 Å². The van der Waals surface area contributed by atoms with E-state index in [1.165, 1.54) is 0 Å². The molecule has 1 aromatic heterocycles. The van der Waals surface area contributed by atoms with Crippen molar-refractivity contribution in [2.75, 3.05) is 13.2 Å². The summed E-state index contributed by atoms with van der Waals surface area (Å²) < 4.78 is 0. The number of aryl methyl sites for hydroxylation is 1. The Kier molecular flexibility index (Phi) is 4.25. The fourth-order valence-electron chi connectivity index (χ4n) is 1.67. The van der Waals surface area contributed by atoms with Crippen molar-refractivity contribution in [3.63, 3.8) is 0 Å². The van der Waals surface area contributed by atoms with Gasteiger partial charge in [0.25, 0.3) is 0 Å². The van der Waals surface area contributed by atoms with E-state index < -0.39 is 0 Å². The molecule has 4 heteroatoms. The molecule has 0 radical (unpaired) electrons. The lowest BCUT2D eigenvalue weighted by atomic mass is 9.74. The van der Waals surface area contributed by atoms with Crippen LogP contribution in [0.3, 0.4) is 0 Å². The van der Waals surface area contributed by atoms with Crippen molar-refractivity contribution in [2.24, 2.45) is 17.1 Å². The molecule has 0 aliphatic carbocycles. The summed E-state index contributed by atoms with van der Waals surface area (Å²) in [6.45, 7) is 6.81. The maximum Gasteiger partial charge on any atom is 0.0897 e. The number of rotatable bonds is 5. The Labute approximate surface area is 95.3 Å². The lowest BCUT2D eigenvalue weighted by Gasteiger charge is -2.34. The summed E-state index contributed by atoms with van der Waals surface area (Å²) in [5.41, 5.74) is 6.61. The molecule has 0 bridgehead atoms. The fourth-order valence-corrected chi connectivity index (χ4v) is 2.28. The molecule has 0 saturated carbocycles. The Balaban J connectivity index is 2.83. The van der Waals surface area contributed by atoms with Crippen molar-refractivity contribution in [3.05, 3.63) is 16.1 Å². The van der Waals surface area contributed by atoms with Crippen LogP contribution in [0.2, 0.25) is 0 Å². The van der Waals surface area contributed by atoms with Gasteiger partial charge < -0.3 is 10.8 Å². The molecule has 1 rings (SSSR count). The highest BCUT2D eigenvalue weighted by Gasteiger charge is 2.32. The molecular weight excluding hydrogens is 208 g/mol. The Morgan fingerprint density at radius 3 is 2.60 bits per heavy atom. The Morgan fingerprint density at radius 2 is 2.27 bits per heavy atom. The topological polar surface area (TPSA) is 59.1 Å². The van der Waals surface area contributed by atoms with E-state index in [1.807, 2.05) is 6.92 Å². The van der Waals surface area contributed by atoms with Crippen molar-refractivity contribution < 1.29 is 5.11 Å². The number of thiazole rings is 1. The largest absolute Gasteiger partial charge is 0.396 e. The summed E-state index contributed by atoms with van der Waals surface area (Å²) in [5.74, 6) is 0.356. The number of nitrogens with two attached hydrogens (primary N) is 1. The predicted molar refractivity (Wildman–Crippen MR) is 64.0 cm³/mol. The molecule has 0 aliphatic heterocycles. The van der Waals surface area contributed by atoms with Crippen molar-refractivity contribution >= 4 is 11.3 Å². The van der Waals surface area contributed by atoms with Crippen molar-refractivity contribution in [1.82, 2.24) is 4.98 Å². The van der Waals surface area contributed by atoms with Crippen molar-refractivity contribution in [2.45, 2.75) is 27.2 Å². The highest BCUT2D eigenvalue weighted by molar-refractivity contribution is 7.09. The third-order valence-electron chi connectivity index (χ3n) is 3.15. The average molecular weight is 228 g/mol. The minimum Gasteiger partial charge on any atom is -0.396 e. The van der Waals surface area contributed by atoms with Crippen LogP contribution in [0.25, 0.3) is 0 Å². The average Bonchev–Trinajstić information content (AvgIpc) is 2.60. The summed E-state index contributed by atoms with van der Waals surface area (Å²) in [7, 11) is 0. The summed E-state index contributed by atoms with van der Waals surface area (Å²) in [6, 6.07) is 0. The van der Waals surface area contributed by atoms with Gasteiger partial charge in [-0.25, -0.2) is 4.98 Å². The molecule has 1 unspecified atom stereocenters. The third kappa shape index (κ3) is 2.77. The minimum atomic E-state index is -0.222. The van der Waals surface area contributed by atoms with Gasteiger partial charge in [0.2, 0.25) is 0 Å². The van der Waals surface area contributed by atoms with E-state index in [1.54, 1.807) is 11.3 Å². The van der Waals surface area contributed by atoms with E-state index >= 15 is 0 Å². The molecule has 1 atom stereocenters. The first-order chi connectivity index (χ1) is 7.04. The van der Waals surface area contributed by atoms with Crippen molar-refractivity contribution in [3.8, 4) is 0 Å². The van der Waals surface area contributed by atoms with Gasteiger partial charge in [-0.1, -0.05) is 13.8 Å². The van der Waals surface area contributed by atoms with Crippen molar-refractivity contribution in [1.29, 1.82) is 0 Å². The molecule has 0 fully saturated rings. The highest BCUT2D eigenvalue weighted by Crippen LogP contribution is 2.30. The van der Waals surface area contributed by atoms with E-state index in [-0.39, 0.29) is 12.0 Å². The molecular formula is C11H20N2OS. The first-order valence-corrected chi connectivity index (χ1v) is 6.14. The molecule has 0 spiro atoms. The fraction of sp³-hybridized carbons (Fsp3) is 0.727. The second-order valence-corrected chi connectivity index (χ2v) is 5.48. The monoisotopic (exact) mass is 228 g/mol. The molecule has 15 heavy (non-hydrogen) atoms. The molecule has 1 heterocycles. The molecule has 0 aliphatic rings. The van der Waals surface area contributed by atoms with Gasteiger partial charge in [-0.05, 0) is 19.3 Å². The maximum atomic E-state index is 9.51. The van der Waals surface area contributed by atoms with Crippen LogP contribution >= 0.6 is 11.3 Å². The van der Waals surface area contributed by atoms with E-state index in [9.17, 15) is 5.11 Å². The van der Waals surface area contributed by atoms with Crippen LogP contribution in [-0.4, -0.2) is 23.2 Å². The zero-order chi connectivity index (χ0) is 11.5. The number of aliphatic hydroxyl groups is 1. The van der Waals surface area contributed by atoms with Crippen LogP contribution in [0.5, 0.6) is 0 Å². The lowest BCUT2D eigenvalue weighted by Crippen LogP contribution is -2.41. The standard InChI is InChI=1S/C11H20N2OS/c1-8(2)11(6-12,7-14)4-10-5-15-9(3)13-10/h5,8,14H,4,6-7,12H2,1-3H3. The van der Waals surface area contributed by atoms with Crippen LogP contribution in [0.1, 0.15) is 24.5 Å². The van der Waals surface area contributed by atoms with Crippen LogP contribution in [-0.2, 0) is 6.42 Å². The van der Waals surface area contributed by atoms with Crippen LogP contribution < -0.4 is 5.73 Å². The molecule has 1 aromatic rings. The van der Waals surface area contributed by atoms with Gasteiger partial charge in [0.15, 0.2) is 0 Å². The molecule has 0 aromatic carbocycles. The minimum absolute atomic E-state index is 0.123. The van der Waals surface area contributed by atoms with Crippen LogP contribution in [0.4, 0.5) is 0 Å². The summed E-state index contributed by atoms with van der Waals surface area (Å²) in [4.78, 5) is 4.43. The smallest absolute Gasteiger partial charge is 0.0897 e. The van der Waals surface area contributed by atoms with Gasteiger partial charge in [-0.3, -0.25) is 0 Å². The molecule has 3 N–H and O–H groups in total. The van der Waals surface area contributed by atoms with E-state index in [2.05, 4.69) is 24.2 Å². The van der Waals surface area contributed by atoms with Crippen LogP contribution in [0, 0.1) is 18.3 Å². The molecule has 0 saturated heterocycles. The Morgan fingerprint density at radius 1 is 1.60 bits per heavy atom. The maximum absolute atomic E-state index is 9.51. The van der Waals surface area contributed by atoms with Gasteiger partial charge >= 0.3 is 0 Å².